The zero-order valence-corrected chi connectivity index (χ0v) is 7.79. The second-order valence-corrected chi connectivity index (χ2v) is 2.46. The van der Waals surface area contributed by atoms with Gasteiger partial charge in [0.1, 0.15) is 6.04 Å². The minimum atomic E-state index is -0.651. The van der Waals surface area contributed by atoms with E-state index in [4.69, 9.17) is 5.26 Å². The Kier molecular flexibility index (Phi) is 4.30. The van der Waals surface area contributed by atoms with Crippen LogP contribution in [-0.4, -0.2) is 37.0 Å². The number of imide groups is 1. The second kappa shape index (κ2) is 4.98. The first kappa shape index (κ1) is 11.2. The first-order valence-electron chi connectivity index (χ1n) is 3.68. The SMILES string of the molecule is CNC(=O)NC(=O)C(C)N(C)C#N. The molecule has 6 heteroatoms. The number of nitrogens with one attached hydrogen (secondary N) is 2. The summed E-state index contributed by atoms with van der Waals surface area (Å²) in [5, 5.41) is 12.7. The van der Waals surface area contributed by atoms with Crippen LogP contribution in [0, 0.1) is 11.5 Å². The van der Waals surface area contributed by atoms with Crippen molar-refractivity contribution in [3.63, 3.8) is 0 Å². The molecule has 0 radical (unpaired) electrons. The molecule has 72 valence electrons. The summed E-state index contributed by atoms with van der Waals surface area (Å²) in [4.78, 5) is 23.0. The molecule has 0 saturated carbocycles. The van der Waals surface area contributed by atoms with Gasteiger partial charge in [0.25, 0.3) is 5.91 Å². The molecule has 0 aromatic rings. The van der Waals surface area contributed by atoms with E-state index in [1.54, 1.807) is 6.19 Å². The van der Waals surface area contributed by atoms with Crippen LogP contribution in [0.1, 0.15) is 6.92 Å². The Bertz CT molecular complexity index is 245. The maximum Gasteiger partial charge on any atom is 0.321 e. The number of carbonyl (C=O) groups is 2. The van der Waals surface area contributed by atoms with Crippen LogP contribution in [0.2, 0.25) is 0 Å². The first-order valence-corrected chi connectivity index (χ1v) is 3.68. The molecule has 0 aliphatic rings. The fraction of sp³-hybridized carbons (Fsp3) is 0.571. The van der Waals surface area contributed by atoms with Crippen molar-refractivity contribution in [1.29, 1.82) is 5.26 Å². The van der Waals surface area contributed by atoms with E-state index in [1.807, 2.05) is 0 Å². The van der Waals surface area contributed by atoms with Crippen molar-refractivity contribution in [3.05, 3.63) is 0 Å². The minimum absolute atomic E-state index is 0.511. The molecule has 0 fully saturated rings. The quantitative estimate of drug-likeness (QED) is 0.436. The average molecular weight is 184 g/mol. The van der Waals surface area contributed by atoms with Crippen LogP contribution in [0.3, 0.4) is 0 Å². The van der Waals surface area contributed by atoms with E-state index in [0.717, 1.165) is 4.90 Å². The summed E-state index contributed by atoms with van der Waals surface area (Å²) in [7, 11) is 2.87. The number of amides is 3. The molecule has 1 unspecified atom stereocenters. The molecule has 0 bridgehead atoms. The van der Waals surface area contributed by atoms with Crippen molar-refractivity contribution in [2.45, 2.75) is 13.0 Å². The average Bonchev–Trinajstić information content (AvgIpc) is 2.14. The molecule has 0 aromatic carbocycles. The third-order valence-corrected chi connectivity index (χ3v) is 1.58. The van der Waals surface area contributed by atoms with Crippen molar-refractivity contribution >= 4 is 11.9 Å². The van der Waals surface area contributed by atoms with Crippen molar-refractivity contribution < 1.29 is 9.59 Å². The monoisotopic (exact) mass is 184 g/mol. The number of carbonyl (C=O) groups excluding carboxylic acids is 2. The smallest absolute Gasteiger partial charge is 0.321 e. The summed E-state index contributed by atoms with van der Waals surface area (Å²) < 4.78 is 0. The molecule has 0 spiro atoms. The predicted octanol–water partition coefficient (Wildman–Crippen LogP) is -0.757. The van der Waals surface area contributed by atoms with Gasteiger partial charge in [-0.1, -0.05) is 0 Å². The van der Waals surface area contributed by atoms with Crippen LogP contribution < -0.4 is 10.6 Å². The summed E-state index contributed by atoms with van der Waals surface area (Å²) in [5.41, 5.74) is 0. The van der Waals surface area contributed by atoms with Gasteiger partial charge in [-0.2, -0.15) is 5.26 Å². The highest BCUT2D eigenvalue weighted by Crippen LogP contribution is 1.92. The number of likely N-dealkylation sites (N-methyl/N-ethyl adjacent to an activating group) is 1. The van der Waals surface area contributed by atoms with Crippen molar-refractivity contribution in [2.24, 2.45) is 0 Å². The van der Waals surface area contributed by atoms with Crippen LogP contribution in [-0.2, 0) is 4.79 Å². The third-order valence-electron chi connectivity index (χ3n) is 1.58. The zero-order valence-electron chi connectivity index (χ0n) is 7.79. The van der Waals surface area contributed by atoms with Gasteiger partial charge < -0.3 is 10.2 Å². The van der Waals surface area contributed by atoms with Crippen molar-refractivity contribution in [3.8, 4) is 6.19 Å². The lowest BCUT2D eigenvalue weighted by atomic mass is 10.3. The van der Waals surface area contributed by atoms with E-state index in [1.165, 1.54) is 21.0 Å². The molecular weight excluding hydrogens is 172 g/mol. The van der Waals surface area contributed by atoms with E-state index in [0.29, 0.717) is 0 Å². The minimum Gasteiger partial charge on any atom is -0.341 e. The number of rotatable bonds is 2. The largest absolute Gasteiger partial charge is 0.341 e. The molecule has 2 N–H and O–H groups in total. The van der Waals surface area contributed by atoms with Crippen molar-refractivity contribution in [2.75, 3.05) is 14.1 Å². The Morgan fingerprint density at radius 2 is 2.08 bits per heavy atom. The van der Waals surface area contributed by atoms with E-state index in [2.05, 4.69) is 10.6 Å². The summed E-state index contributed by atoms with van der Waals surface area (Å²) in [6, 6.07) is -1.23. The van der Waals surface area contributed by atoms with Gasteiger partial charge in [0, 0.05) is 14.1 Å². The van der Waals surface area contributed by atoms with Gasteiger partial charge in [-0.15, -0.1) is 0 Å². The third kappa shape index (κ3) is 3.42. The number of urea groups is 1. The van der Waals surface area contributed by atoms with E-state index in [-0.39, 0.29) is 0 Å². The van der Waals surface area contributed by atoms with E-state index in [9.17, 15) is 9.59 Å². The van der Waals surface area contributed by atoms with Crippen LogP contribution in [0.5, 0.6) is 0 Å². The van der Waals surface area contributed by atoms with Crippen molar-refractivity contribution in [1.82, 2.24) is 15.5 Å². The van der Waals surface area contributed by atoms with Gasteiger partial charge >= 0.3 is 6.03 Å². The summed E-state index contributed by atoms with van der Waals surface area (Å²) in [6.45, 7) is 1.53. The normalized spacial score (nSPS) is 10.9. The maximum atomic E-state index is 11.1. The zero-order chi connectivity index (χ0) is 10.4. The molecule has 0 aliphatic heterocycles. The molecule has 0 saturated heterocycles. The Morgan fingerprint density at radius 1 is 1.54 bits per heavy atom. The van der Waals surface area contributed by atoms with Gasteiger partial charge in [0.05, 0.1) is 0 Å². The molecule has 6 nitrogen and oxygen atoms in total. The summed E-state index contributed by atoms with van der Waals surface area (Å²) in [6.07, 6.45) is 1.78. The van der Waals surface area contributed by atoms with Crippen LogP contribution in [0.25, 0.3) is 0 Å². The highest BCUT2D eigenvalue weighted by Gasteiger charge is 2.18. The van der Waals surface area contributed by atoms with E-state index < -0.39 is 18.0 Å². The number of nitriles is 1. The molecular formula is C7H12N4O2. The highest BCUT2D eigenvalue weighted by atomic mass is 16.2. The van der Waals surface area contributed by atoms with Crippen LogP contribution in [0.15, 0.2) is 0 Å². The number of nitrogens with zero attached hydrogens (tertiary/aromatic N) is 2. The van der Waals surface area contributed by atoms with Crippen LogP contribution in [0.4, 0.5) is 4.79 Å². The fourth-order valence-electron chi connectivity index (χ4n) is 0.541. The van der Waals surface area contributed by atoms with Gasteiger partial charge in [0.15, 0.2) is 6.19 Å². The standard InChI is InChI=1S/C7H12N4O2/c1-5(11(3)4-8)6(12)10-7(13)9-2/h5H,1-3H3,(H2,9,10,12,13). The Morgan fingerprint density at radius 3 is 2.46 bits per heavy atom. The Hall–Kier alpha value is -1.77. The molecule has 1 atom stereocenters. The van der Waals surface area contributed by atoms with Gasteiger partial charge in [-0.05, 0) is 6.92 Å². The fourth-order valence-corrected chi connectivity index (χ4v) is 0.541. The summed E-state index contributed by atoms with van der Waals surface area (Å²) >= 11 is 0. The van der Waals surface area contributed by atoms with Gasteiger partial charge in [-0.25, -0.2) is 4.79 Å². The molecule has 0 rings (SSSR count). The number of hydrogen-bond acceptors (Lipinski definition) is 4. The predicted molar refractivity (Wildman–Crippen MR) is 45.4 cm³/mol. The lowest BCUT2D eigenvalue weighted by molar-refractivity contribution is -0.123. The van der Waals surface area contributed by atoms with Crippen LogP contribution >= 0.6 is 0 Å². The molecule has 13 heavy (non-hydrogen) atoms. The van der Waals surface area contributed by atoms with Gasteiger partial charge in [0.2, 0.25) is 0 Å². The molecule has 0 aliphatic carbocycles. The maximum absolute atomic E-state index is 11.1. The van der Waals surface area contributed by atoms with E-state index >= 15 is 0 Å². The van der Waals surface area contributed by atoms with Gasteiger partial charge in [-0.3, -0.25) is 10.1 Å². The lowest BCUT2D eigenvalue weighted by Gasteiger charge is -2.16. The highest BCUT2D eigenvalue weighted by molar-refractivity contribution is 5.96. The molecule has 3 amide bonds. The topological polar surface area (TPSA) is 85.2 Å². The first-order chi connectivity index (χ1) is 6.02. The lowest BCUT2D eigenvalue weighted by Crippen LogP contribution is -2.46. The summed E-state index contributed by atoms with van der Waals surface area (Å²) in [5.74, 6) is -0.511. The molecule has 0 heterocycles. The Balaban J connectivity index is 4.13. The molecule has 0 aromatic heterocycles. The second-order valence-electron chi connectivity index (χ2n) is 2.46. The Labute approximate surface area is 76.5 Å². The number of hydrogen-bond donors (Lipinski definition) is 2.